The molecule has 2 aromatic heterocycles. The number of phenolic OH excluding ortho intramolecular Hbond substituents is 1. The quantitative estimate of drug-likeness (QED) is 0.110. The van der Waals surface area contributed by atoms with Crippen molar-refractivity contribution in [3.63, 3.8) is 0 Å². The summed E-state index contributed by atoms with van der Waals surface area (Å²) < 4.78 is 2.37. The van der Waals surface area contributed by atoms with E-state index in [9.17, 15) is 5.11 Å². The largest absolute Gasteiger partial charge is 0.507 e. The van der Waals surface area contributed by atoms with Crippen LogP contribution < -0.4 is 0 Å². The Hall–Kier alpha value is -9.47. The molecule has 13 aromatic rings. The van der Waals surface area contributed by atoms with E-state index in [4.69, 9.17) is 9.97 Å². The minimum absolute atomic E-state index is 0. The number of nitrogens with zero attached hydrogens (tertiary/aromatic N) is 3. The second-order valence-electron chi connectivity index (χ2n) is 31.5. The normalized spacial score (nSPS) is 12.4. The van der Waals surface area contributed by atoms with Gasteiger partial charge in [0.25, 0.3) is 0 Å². The van der Waals surface area contributed by atoms with Gasteiger partial charge in [0, 0.05) is 26.6 Å². The molecule has 5 heteroatoms. The molecular formula is C96H94N3OPt-. The number of pyridine rings is 1. The SMILES string of the molecule is Cc1cccc(C)c1-n1c(-c2ccc3c(n2)-c2c(O)cccc2CC3)nc2c(-c3[c-]c(-c4c(-c5cc(C(C)C)cc(C(C)C)c5)cccc4-c4cc(C(C)C)cc(C(C)C)c4)ccc3)c(-c3c(-c4cccc(C(C)(C)C)c4)cccc3-c3cc(-c4ccccc4)cc(C(C)(C)C)c3)ccc21.[Pt]. The van der Waals surface area contributed by atoms with Crippen LogP contribution in [0, 0.1) is 19.9 Å². The zero-order valence-corrected chi connectivity index (χ0v) is 64.0. The van der Waals surface area contributed by atoms with E-state index in [2.05, 4.69) is 334 Å². The van der Waals surface area contributed by atoms with Crippen LogP contribution in [0.4, 0.5) is 0 Å². The molecule has 0 spiro atoms. The zero-order chi connectivity index (χ0) is 70.2. The van der Waals surface area contributed by atoms with Crippen LogP contribution in [0.1, 0.15) is 176 Å². The fourth-order valence-corrected chi connectivity index (χ4v) is 15.1. The summed E-state index contributed by atoms with van der Waals surface area (Å²) in [6, 6.07) is 88.5. The Morgan fingerprint density at radius 3 is 1.46 bits per heavy atom. The fourth-order valence-electron chi connectivity index (χ4n) is 15.1. The molecule has 11 aromatic carbocycles. The number of imidazole rings is 1. The van der Waals surface area contributed by atoms with Crippen LogP contribution in [-0.2, 0) is 44.7 Å². The molecular weight excluding hydrogens is 1410 g/mol. The van der Waals surface area contributed by atoms with Crippen molar-refractivity contribution in [2.24, 2.45) is 0 Å². The van der Waals surface area contributed by atoms with Crippen molar-refractivity contribution >= 4 is 11.0 Å². The van der Waals surface area contributed by atoms with E-state index in [0.29, 0.717) is 29.5 Å². The van der Waals surface area contributed by atoms with Gasteiger partial charge in [0.05, 0.1) is 22.4 Å². The number of aromatic hydroxyl groups is 1. The Bertz CT molecular complexity index is 5160. The van der Waals surface area contributed by atoms with Crippen molar-refractivity contribution in [3.05, 3.63) is 286 Å². The van der Waals surface area contributed by atoms with E-state index in [1.54, 1.807) is 6.07 Å². The Morgan fingerprint density at radius 1 is 0.386 bits per heavy atom. The van der Waals surface area contributed by atoms with E-state index in [1.807, 2.05) is 6.07 Å². The Labute approximate surface area is 615 Å². The fraction of sp³-hybridized carbons (Fsp3) is 0.250. The maximum absolute atomic E-state index is 11.7. The van der Waals surface area contributed by atoms with E-state index >= 15 is 0 Å². The molecule has 0 atom stereocenters. The minimum atomic E-state index is -0.172. The third kappa shape index (κ3) is 13.5. The van der Waals surface area contributed by atoms with Crippen molar-refractivity contribution < 1.29 is 26.2 Å². The van der Waals surface area contributed by atoms with Crippen molar-refractivity contribution in [1.82, 2.24) is 14.5 Å². The summed E-state index contributed by atoms with van der Waals surface area (Å²) in [4.78, 5) is 11.8. The second kappa shape index (κ2) is 27.8. The van der Waals surface area contributed by atoms with Gasteiger partial charge in [-0.15, -0.1) is 35.4 Å². The first-order valence-corrected chi connectivity index (χ1v) is 36.2. The summed E-state index contributed by atoms with van der Waals surface area (Å²) in [6.45, 7) is 36.8. The number of rotatable bonds is 14. The van der Waals surface area contributed by atoms with Gasteiger partial charge in [-0.05, 0) is 213 Å². The number of hydrogen-bond donors (Lipinski definition) is 1. The molecule has 4 nitrogen and oxygen atoms in total. The maximum Gasteiger partial charge on any atom is 0.163 e. The third-order valence-corrected chi connectivity index (χ3v) is 21.0. The standard InChI is InChI=1S/C96H94N3O.Pt/c1-57(2)69-47-70(58(3)4)50-74(49-69)80-36-25-37-81(75-51-71(59(5)6)48-72(52-75)60(7)8)87(80)67-32-21-33-68(46-67)88-83(43-45-85-92(88)98-94(99(85)93-61(9)26-20-27-62(93)10)84-44-42-65-41-40-64-30-23-39-86(100)89(64)91(65)97-84)90-79(66-31-22-34-77(54-66)95(11,12)13)35-24-38-82(90)76-53-73(63-28-18-17-19-29-63)55-78(56-76)96(14,15)16;/h17-39,42-45,47-60,100H,40-41H2,1-16H3;/q-1;. The van der Waals surface area contributed by atoms with Gasteiger partial charge >= 0.3 is 0 Å². The van der Waals surface area contributed by atoms with E-state index in [1.165, 1.54) is 66.8 Å². The van der Waals surface area contributed by atoms with Gasteiger partial charge in [-0.1, -0.05) is 284 Å². The van der Waals surface area contributed by atoms with Gasteiger partial charge in [-0.2, -0.15) is 0 Å². The molecule has 0 saturated heterocycles. The van der Waals surface area contributed by atoms with Crippen molar-refractivity contribution in [3.8, 4) is 123 Å². The van der Waals surface area contributed by atoms with E-state index in [0.717, 1.165) is 124 Å². The van der Waals surface area contributed by atoms with Crippen LogP contribution in [0.25, 0.3) is 129 Å². The summed E-state index contributed by atoms with van der Waals surface area (Å²) in [5.41, 5.74) is 34.9. The number of aromatic nitrogens is 3. The summed E-state index contributed by atoms with van der Waals surface area (Å²) in [6.07, 6.45) is 1.66. The summed E-state index contributed by atoms with van der Waals surface area (Å²) >= 11 is 0. The Kier molecular flexibility index (Phi) is 19.3. The van der Waals surface area contributed by atoms with Gasteiger partial charge in [0.1, 0.15) is 11.4 Å². The van der Waals surface area contributed by atoms with Crippen molar-refractivity contribution in [2.45, 2.75) is 158 Å². The number of benzene rings is 11. The van der Waals surface area contributed by atoms with Crippen molar-refractivity contribution in [2.75, 3.05) is 0 Å². The molecule has 2 heterocycles. The van der Waals surface area contributed by atoms with Crippen LogP contribution in [0.2, 0.25) is 0 Å². The molecule has 0 bridgehead atoms. The van der Waals surface area contributed by atoms with Crippen LogP contribution in [0.3, 0.4) is 0 Å². The molecule has 510 valence electrons. The number of fused-ring (bicyclic) bond motifs is 4. The monoisotopic (exact) mass is 1500 g/mol. The molecule has 14 rings (SSSR count). The predicted molar refractivity (Wildman–Crippen MR) is 424 cm³/mol. The average Bonchev–Trinajstić information content (AvgIpc) is 1.63. The van der Waals surface area contributed by atoms with Crippen LogP contribution in [0.5, 0.6) is 5.75 Å². The van der Waals surface area contributed by atoms with Gasteiger partial charge in [-0.3, -0.25) is 4.57 Å². The summed E-state index contributed by atoms with van der Waals surface area (Å²) in [5, 5.41) is 11.7. The topological polar surface area (TPSA) is 50.9 Å². The first-order chi connectivity index (χ1) is 47.9. The van der Waals surface area contributed by atoms with Gasteiger partial charge < -0.3 is 5.11 Å². The van der Waals surface area contributed by atoms with Crippen LogP contribution in [0.15, 0.2) is 224 Å². The molecule has 0 saturated carbocycles. The molecule has 101 heavy (non-hydrogen) atoms. The predicted octanol–water partition coefficient (Wildman–Crippen LogP) is 26.4. The summed E-state index contributed by atoms with van der Waals surface area (Å²) in [5.74, 6) is 2.26. The minimum Gasteiger partial charge on any atom is -0.507 e. The van der Waals surface area contributed by atoms with Crippen LogP contribution in [-0.4, -0.2) is 19.6 Å². The number of para-hydroxylation sites is 1. The molecule has 1 aliphatic carbocycles. The van der Waals surface area contributed by atoms with Gasteiger partial charge in [-0.25, -0.2) is 9.97 Å². The molecule has 0 fully saturated rings. The van der Waals surface area contributed by atoms with Gasteiger partial charge in [0.2, 0.25) is 0 Å². The third-order valence-electron chi connectivity index (χ3n) is 21.0. The first kappa shape index (κ1) is 70.0. The zero-order valence-electron chi connectivity index (χ0n) is 61.7. The number of hydrogen-bond acceptors (Lipinski definition) is 3. The van der Waals surface area contributed by atoms with E-state index < -0.39 is 0 Å². The molecule has 0 radical (unpaired) electrons. The number of aryl methyl sites for hydroxylation is 4. The first-order valence-electron chi connectivity index (χ1n) is 36.2. The van der Waals surface area contributed by atoms with Crippen molar-refractivity contribution in [1.29, 1.82) is 0 Å². The molecule has 1 aliphatic rings. The molecule has 1 N–H and O–H groups in total. The maximum atomic E-state index is 11.7. The number of phenols is 1. The van der Waals surface area contributed by atoms with E-state index in [-0.39, 0.29) is 37.6 Å². The second-order valence-corrected chi connectivity index (χ2v) is 31.5. The molecule has 0 amide bonds. The van der Waals surface area contributed by atoms with Gasteiger partial charge in [0.15, 0.2) is 5.82 Å². The van der Waals surface area contributed by atoms with Crippen LogP contribution >= 0.6 is 0 Å². The molecule has 0 unspecified atom stereocenters. The molecule has 0 aliphatic heterocycles. The Balaban J connectivity index is 0.00000912. The summed E-state index contributed by atoms with van der Waals surface area (Å²) in [7, 11) is 0. The Morgan fingerprint density at radius 2 is 0.871 bits per heavy atom. The smallest absolute Gasteiger partial charge is 0.163 e. The average molecular weight is 1500 g/mol.